The van der Waals surface area contributed by atoms with Gasteiger partial charge in [-0.05, 0) is 36.1 Å². The maximum Gasteiger partial charge on any atom is 0.230 e. The summed E-state index contributed by atoms with van der Waals surface area (Å²) in [6.45, 7) is 5.29. The van der Waals surface area contributed by atoms with E-state index in [1.54, 1.807) is 25.3 Å². The van der Waals surface area contributed by atoms with Crippen molar-refractivity contribution in [3.8, 4) is 17.1 Å². The highest BCUT2D eigenvalue weighted by Gasteiger charge is 2.18. The number of para-hydroxylation sites is 1. The van der Waals surface area contributed by atoms with Gasteiger partial charge in [-0.2, -0.15) is 0 Å². The highest BCUT2D eigenvalue weighted by Crippen LogP contribution is 2.27. The average Bonchev–Trinajstić information content (AvgIpc) is 3.14. The SMILES string of the molecule is COc1ccccc1CCNC(=O)CSc1nnc(-c2ccccc2F)n1CC(C)C. The highest BCUT2D eigenvalue weighted by atomic mass is 32.2. The van der Waals surface area contributed by atoms with Gasteiger partial charge in [0.2, 0.25) is 5.91 Å². The molecular formula is C23H27FN4O2S. The summed E-state index contributed by atoms with van der Waals surface area (Å²) in [6.07, 6.45) is 0.682. The van der Waals surface area contributed by atoms with E-state index in [0.717, 1.165) is 11.3 Å². The molecule has 0 aliphatic carbocycles. The average molecular weight is 443 g/mol. The number of hydrogen-bond acceptors (Lipinski definition) is 5. The fourth-order valence-corrected chi connectivity index (χ4v) is 3.97. The molecule has 0 radical (unpaired) electrons. The molecule has 0 unspecified atom stereocenters. The summed E-state index contributed by atoms with van der Waals surface area (Å²) in [4.78, 5) is 12.3. The Labute approximate surface area is 186 Å². The molecule has 1 heterocycles. The number of ether oxygens (including phenoxy) is 1. The molecule has 6 nitrogen and oxygen atoms in total. The van der Waals surface area contributed by atoms with E-state index >= 15 is 0 Å². The summed E-state index contributed by atoms with van der Waals surface area (Å²) < 4.78 is 21.5. The molecule has 0 spiro atoms. The summed E-state index contributed by atoms with van der Waals surface area (Å²) in [6, 6.07) is 14.3. The molecule has 3 rings (SSSR count). The summed E-state index contributed by atoms with van der Waals surface area (Å²) >= 11 is 1.30. The van der Waals surface area contributed by atoms with Crippen LogP contribution in [0.5, 0.6) is 5.75 Å². The molecule has 0 aliphatic heterocycles. The predicted molar refractivity (Wildman–Crippen MR) is 121 cm³/mol. The summed E-state index contributed by atoms with van der Waals surface area (Å²) in [5.74, 6) is 1.38. The van der Waals surface area contributed by atoms with Crippen LogP contribution in [-0.2, 0) is 17.8 Å². The van der Waals surface area contributed by atoms with Crippen molar-refractivity contribution >= 4 is 17.7 Å². The van der Waals surface area contributed by atoms with Crippen molar-refractivity contribution in [2.24, 2.45) is 5.92 Å². The maximum atomic E-state index is 14.3. The number of amides is 1. The number of nitrogens with zero attached hydrogens (tertiary/aromatic N) is 3. The van der Waals surface area contributed by atoms with E-state index in [4.69, 9.17) is 4.74 Å². The van der Waals surface area contributed by atoms with Gasteiger partial charge >= 0.3 is 0 Å². The minimum Gasteiger partial charge on any atom is -0.496 e. The quantitative estimate of drug-likeness (QED) is 0.477. The molecule has 0 bridgehead atoms. The van der Waals surface area contributed by atoms with E-state index in [0.29, 0.717) is 42.0 Å². The molecule has 2 aromatic carbocycles. The molecule has 0 fully saturated rings. The van der Waals surface area contributed by atoms with E-state index in [1.165, 1.54) is 17.8 Å². The van der Waals surface area contributed by atoms with E-state index in [9.17, 15) is 9.18 Å². The summed E-state index contributed by atoms with van der Waals surface area (Å²) in [5.41, 5.74) is 1.45. The van der Waals surface area contributed by atoms with Crippen LogP contribution in [0.2, 0.25) is 0 Å². The summed E-state index contributed by atoms with van der Waals surface area (Å²) in [5, 5.41) is 12.0. The Morgan fingerprint density at radius 2 is 1.90 bits per heavy atom. The molecule has 0 saturated carbocycles. The minimum absolute atomic E-state index is 0.0913. The van der Waals surface area contributed by atoms with E-state index < -0.39 is 0 Å². The lowest BCUT2D eigenvalue weighted by Crippen LogP contribution is -2.27. The Bertz CT molecular complexity index is 1020. The number of carbonyl (C=O) groups excluding carboxylic acids is 1. The van der Waals surface area contributed by atoms with Crippen LogP contribution in [0.4, 0.5) is 4.39 Å². The molecule has 3 aromatic rings. The highest BCUT2D eigenvalue weighted by molar-refractivity contribution is 7.99. The van der Waals surface area contributed by atoms with E-state index in [2.05, 4.69) is 29.4 Å². The second-order valence-corrected chi connectivity index (χ2v) is 8.43. The fraction of sp³-hybridized carbons (Fsp3) is 0.348. The van der Waals surface area contributed by atoms with Crippen molar-refractivity contribution < 1.29 is 13.9 Å². The Hall–Kier alpha value is -2.87. The number of methoxy groups -OCH3 is 1. The van der Waals surface area contributed by atoms with Gasteiger partial charge in [0.1, 0.15) is 11.6 Å². The third kappa shape index (κ3) is 6.07. The number of thioether (sulfide) groups is 1. The Kier molecular flexibility index (Phi) is 8.06. The normalized spacial score (nSPS) is 11.0. The van der Waals surface area contributed by atoms with Gasteiger partial charge in [-0.1, -0.05) is 55.9 Å². The van der Waals surface area contributed by atoms with Gasteiger partial charge < -0.3 is 14.6 Å². The van der Waals surface area contributed by atoms with Crippen molar-refractivity contribution in [3.05, 3.63) is 59.9 Å². The molecule has 164 valence electrons. The van der Waals surface area contributed by atoms with Crippen LogP contribution in [-0.4, -0.2) is 40.1 Å². The lowest BCUT2D eigenvalue weighted by molar-refractivity contribution is -0.118. The fourth-order valence-electron chi connectivity index (χ4n) is 3.19. The van der Waals surface area contributed by atoms with E-state index in [-0.39, 0.29) is 17.5 Å². The van der Waals surface area contributed by atoms with Crippen molar-refractivity contribution in [1.82, 2.24) is 20.1 Å². The third-order valence-corrected chi connectivity index (χ3v) is 5.59. The molecule has 0 saturated heterocycles. The third-order valence-electron chi connectivity index (χ3n) is 4.62. The van der Waals surface area contributed by atoms with Gasteiger partial charge in [-0.3, -0.25) is 4.79 Å². The molecule has 8 heteroatoms. The first-order valence-electron chi connectivity index (χ1n) is 10.2. The van der Waals surface area contributed by atoms with Crippen LogP contribution in [0.3, 0.4) is 0 Å². The number of benzene rings is 2. The monoisotopic (exact) mass is 442 g/mol. The van der Waals surface area contributed by atoms with Crippen LogP contribution in [0, 0.1) is 11.7 Å². The number of rotatable bonds is 10. The predicted octanol–water partition coefficient (Wildman–Crippen LogP) is 4.20. The van der Waals surface area contributed by atoms with Crippen molar-refractivity contribution in [2.75, 3.05) is 19.4 Å². The summed E-state index contributed by atoms with van der Waals surface area (Å²) in [7, 11) is 1.64. The molecule has 1 aromatic heterocycles. The number of aromatic nitrogens is 3. The second kappa shape index (κ2) is 10.9. The maximum absolute atomic E-state index is 14.3. The smallest absolute Gasteiger partial charge is 0.230 e. The van der Waals surface area contributed by atoms with Crippen molar-refractivity contribution in [2.45, 2.75) is 32.0 Å². The van der Waals surface area contributed by atoms with Gasteiger partial charge in [0.25, 0.3) is 0 Å². The zero-order valence-electron chi connectivity index (χ0n) is 18.0. The largest absolute Gasteiger partial charge is 0.496 e. The molecular weight excluding hydrogens is 415 g/mol. The number of hydrogen-bond donors (Lipinski definition) is 1. The number of carbonyl (C=O) groups is 1. The van der Waals surface area contributed by atoms with E-state index in [1.807, 2.05) is 28.8 Å². The van der Waals surface area contributed by atoms with Gasteiger partial charge in [-0.25, -0.2) is 4.39 Å². The first-order valence-corrected chi connectivity index (χ1v) is 11.2. The van der Waals surface area contributed by atoms with Gasteiger partial charge in [0.05, 0.1) is 18.4 Å². The molecule has 31 heavy (non-hydrogen) atoms. The van der Waals surface area contributed by atoms with Crippen molar-refractivity contribution in [1.29, 1.82) is 0 Å². The Balaban J connectivity index is 1.62. The van der Waals surface area contributed by atoms with Crippen LogP contribution >= 0.6 is 11.8 Å². The van der Waals surface area contributed by atoms with Crippen LogP contribution in [0.15, 0.2) is 53.7 Å². The van der Waals surface area contributed by atoms with Gasteiger partial charge in [0.15, 0.2) is 11.0 Å². The van der Waals surface area contributed by atoms with Crippen LogP contribution in [0.1, 0.15) is 19.4 Å². The minimum atomic E-state index is -0.342. The van der Waals surface area contributed by atoms with Gasteiger partial charge in [0, 0.05) is 13.1 Å². The molecule has 0 atom stereocenters. The first kappa shape index (κ1) is 22.8. The lowest BCUT2D eigenvalue weighted by Gasteiger charge is -2.13. The molecule has 1 N–H and O–H groups in total. The lowest BCUT2D eigenvalue weighted by atomic mass is 10.1. The number of nitrogens with one attached hydrogen (secondary N) is 1. The van der Waals surface area contributed by atoms with Crippen LogP contribution < -0.4 is 10.1 Å². The standard InChI is InChI=1S/C23H27FN4O2S/c1-16(2)14-28-22(18-9-5-6-10-19(18)24)26-27-23(28)31-15-21(29)25-13-12-17-8-4-7-11-20(17)30-3/h4-11,16H,12-15H2,1-3H3,(H,25,29). The van der Waals surface area contributed by atoms with Gasteiger partial charge in [-0.15, -0.1) is 10.2 Å². The topological polar surface area (TPSA) is 69.0 Å². The Morgan fingerprint density at radius 1 is 1.16 bits per heavy atom. The Morgan fingerprint density at radius 3 is 2.65 bits per heavy atom. The zero-order valence-corrected chi connectivity index (χ0v) is 18.8. The van der Waals surface area contributed by atoms with Crippen molar-refractivity contribution in [3.63, 3.8) is 0 Å². The first-order chi connectivity index (χ1) is 15.0. The van der Waals surface area contributed by atoms with Crippen LogP contribution in [0.25, 0.3) is 11.4 Å². The molecule has 1 amide bonds. The molecule has 0 aliphatic rings. The zero-order chi connectivity index (χ0) is 22.2. The number of halogens is 1. The second-order valence-electron chi connectivity index (χ2n) is 7.49.